The summed E-state index contributed by atoms with van der Waals surface area (Å²) in [5, 5.41) is 7.46. The molecular formula is C13H20N2OS. The molecule has 2 N–H and O–H groups in total. The Balaban J connectivity index is 1.70. The zero-order valence-corrected chi connectivity index (χ0v) is 11.1. The minimum absolute atomic E-state index is 0.294. The van der Waals surface area contributed by atoms with Gasteiger partial charge in [0.25, 0.3) is 0 Å². The first-order valence-corrected chi connectivity index (χ1v) is 6.74. The Kier molecular flexibility index (Phi) is 4.42. The van der Waals surface area contributed by atoms with Crippen LogP contribution in [0.4, 0.5) is 0 Å². The van der Waals surface area contributed by atoms with Crippen molar-refractivity contribution in [3.63, 3.8) is 0 Å². The van der Waals surface area contributed by atoms with Crippen LogP contribution in [0, 0.1) is 0 Å². The number of hydrogen-bond donors (Lipinski definition) is 2. The van der Waals surface area contributed by atoms with Gasteiger partial charge >= 0.3 is 0 Å². The number of thiocarbonyl (C=S) groups is 1. The Morgan fingerprint density at radius 2 is 2.29 bits per heavy atom. The Bertz CT molecular complexity index is 344. The molecule has 1 aromatic rings. The summed E-state index contributed by atoms with van der Waals surface area (Å²) in [6.07, 6.45) is 7.70. The van der Waals surface area contributed by atoms with Crippen molar-refractivity contribution in [2.75, 3.05) is 0 Å². The molecule has 1 aromatic heterocycles. The lowest BCUT2D eigenvalue weighted by Crippen LogP contribution is -2.44. The first-order chi connectivity index (χ1) is 8.24. The molecule has 1 atom stereocenters. The van der Waals surface area contributed by atoms with Crippen LogP contribution < -0.4 is 10.6 Å². The fraction of sp³-hybridized carbons (Fsp3) is 0.615. The van der Waals surface area contributed by atoms with E-state index in [-0.39, 0.29) is 0 Å². The summed E-state index contributed by atoms with van der Waals surface area (Å²) in [7, 11) is 0. The Hall–Kier alpha value is -1.03. The molecule has 0 radical (unpaired) electrons. The molecule has 0 saturated heterocycles. The summed E-state index contributed by atoms with van der Waals surface area (Å²) >= 11 is 5.31. The van der Waals surface area contributed by atoms with Crippen molar-refractivity contribution in [3.05, 3.63) is 24.2 Å². The van der Waals surface area contributed by atoms with Crippen LogP contribution in [-0.4, -0.2) is 17.2 Å². The predicted octanol–water partition coefficient (Wildman–Crippen LogP) is 2.62. The second-order valence-corrected chi connectivity index (χ2v) is 5.19. The summed E-state index contributed by atoms with van der Waals surface area (Å²) < 4.78 is 5.32. The van der Waals surface area contributed by atoms with Gasteiger partial charge in [-0.25, -0.2) is 0 Å². The quantitative estimate of drug-likeness (QED) is 0.808. The van der Waals surface area contributed by atoms with Crippen LogP contribution in [0.1, 0.15) is 38.4 Å². The van der Waals surface area contributed by atoms with E-state index in [4.69, 9.17) is 16.6 Å². The van der Waals surface area contributed by atoms with Crippen LogP contribution in [0.5, 0.6) is 0 Å². The summed E-state index contributed by atoms with van der Waals surface area (Å²) in [5.74, 6) is 0.994. The highest BCUT2D eigenvalue weighted by Crippen LogP contribution is 2.17. The lowest BCUT2D eigenvalue weighted by Gasteiger charge is -2.19. The highest BCUT2D eigenvalue weighted by Gasteiger charge is 2.16. The smallest absolute Gasteiger partial charge is 0.166 e. The van der Waals surface area contributed by atoms with E-state index in [1.54, 1.807) is 6.26 Å². The zero-order valence-electron chi connectivity index (χ0n) is 10.2. The average molecular weight is 252 g/mol. The standard InChI is InChI=1S/C13H20N2OS/c1-10(9-12-7-4-8-16-12)14-13(17)15-11-5-2-3-6-11/h4,7-8,10-11H,2-3,5-6,9H2,1H3,(H2,14,15,17). The van der Waals surface area contributed by atoms with E-state index in [9.17, 15) is 0 Å². The van der Waals surface area contributed by atoms with Crippen molar-refractivity contribution in [2.45, 2.75) is 51.1 Å². The van der Waals surface area contributed by atoms with Gasteiger partial charge in [-0.3, -0.25) is 0 Å². The van der Waals surface area contributed by atoms with E-state index in [0.29, 0.717) is 12.1 Å². The van der Waals surface area contributed by atoms with E-state index in [1.807, 2.05) is 12.1 Å². The topological polar surface area (TPSA) is 37.2 Å². The van der Waals surface area contributed by atoms with E-state index in [1.165, 1.54) is 25.7 Å². The van der Waals surface area contributed by atoms with Crippen molar-refractivity contribution in [2.24, 2.45) is 0 Å². The van der Waals surface area contributed by atoms with Crippen molar-refractivity contribution in [1.82, 2.24) is 10.6 Å². The maximum absolute atomic E-state index is 5.32. The van der Waals surface area contributed by atoms with Gasteiger partial charge in [-0.05, 0) is 44.1 Å². The maximum Gasteiger partial charge on any atom is 0.166 e. The normalized spacial score (nSPS) is 17.9. The van der Waals surface area contributed by atoms with Crippen LogP contribution in [0.3, 0.4) is 0 Å². The molecule has 1 unspecified atom stereocenters. The molecule has 1 heterocycles. The molecule has 2 rings (SSSR count). The highest BCUT2D eigenvalue weighted by molar-refractivity contribution is 7.80. The zero-order chi connectivity index (χ0) is 12.1. The minimum atomic E-state index is 0.294. The van der Waals surface area contributed by atoms with Gasteiger partial charge in [0.15, 0.2) is 5.11 Å². The molecule has 17 heavy (non-hydrogen) atoms. The largest absolute Gasteiger partial charge is 0.469 e. The summed E-state index contributed by atoms with van der Waals surface area (Å²) in [6, 6.07) is 4.77. The molecule has 0 bridgehead atoms. The number of nitrogens with one attached hydrogen (secondary N) is 2. The first kappa shape index (κ1) is 12.4. The van der Waals surface area contributed by atoms with Crippen LogP contribution in [0.15, 0.2) is 22.8 Å². The molecule has 3 nitrogen and oxygen atoms in total. The molecule has 1 aliphatic rings. The second kappa shape index (κ2) is 6.05. The van der Waals surface area contributed by atoms with Gasteiger partial charge in [0, 0.05) is 18.5 Å². The van der Waals surface area contributed by atoms with Crippen LogP contribution >= 0.6 is 12.2 Å². The molecule has 94 valence electrons. The fourth-order valence-electron chi connectivity index (χ4n) is 2.30. The van der Waals surface area contributed by atoms with E-state index >= 15 is 0 Å². The fourth-order valence-corrected chi connectivity index (χ4v) is 2.67. The molecular weight excluding hydrogens is 232 g/mol. The Labute approximate surface area is 108 Å². The average Bonchev–Trinajstić information content (AvgIpc) is 2.90. The van der Waals surface area contributed by atoms with Crippen molar-refractivity contribution >= 4 is 17.3 Å². The molecule has 1 aliphatic carbocycles. The van der Waals surface area contributed by atoms with Crippen LogP contribution in [0.2, 0.25) is 0 Å². The van der Waals surface area contributed by atoms with Gasteiger partial charge in [0.05, 0.1) is 6.26 Å². The third kappa shape index (κ3) is 4.04. The monoisotopic (exact) mass is 252 g/mol. The van der Waals surface area contributed by atoms with Gasteiger partial charge < -0.3 is 15.1 Å². The SMILES string of the molecule is CC(Cc1ccco1)NC(=S)NC1CCCC1. The van der Waals surface area contributed by atoms with E-state index in [0.717, 1.165) is 17.3 Å². The van der Waals surface area contributed by atoms with Gasteiger partial charge in [-0.2, -0.15) is 0 Å². The molecule has 4 heteroatoms. The van der Waals surface area contributed by atoms with Gasteiger partial charge in [0.1, 0.15) is 5.76 Å². The van der Waals surface area contributed by atoms with Crippen molar-refractivity contribution < 1.29 is 4.42 Å². The first-order valence-electron chi connectivity index (χ1n) is 6.33. The van der Waals surface area contributed by atoms with E-state index in [2.05, 4.69) is 17.6 Å². The molecule has 1 saturated carbocycles. The van der Waals surface area contributed by atoms with Gasteiger partial charge in [0.2, 0.25) is 0 Å². The second-order valence-electron chi connectivity index (χ2n) is 4.78. The third-order valence-electron chi connectivity index (χ3n) is 3.16. The Morgan fingerprint density at radius 1 is 1.53 bits per heavy atom. The van der Waals surface area contributed by atoms with Gasteiger partial charge in [-0.1, -0.05) is 12.8 Å². The maximum atomic E-state index is 5.32. The minimum Gasteiger partial charge on any atom is -0.469 e. The summed E-state index contributed by atoms with van der Waals surface area (Å²) in [4.78, 5) is 0. The van der Waals surface area contributed by atoms with E-state index < -0.39 is 0 Å². The third-order valence-corrected chi connectivity index (χ3v) is 3.39. The van der Waals surface area contributed by atoms with Crippen molar-refractivity contribution in [3.8, 4) is 0 Å². The molecule has 0 aliphatic heterocycles. The molecule has 0 spiro atoms. The summed E-state index contributed by atoms with van der Waals surface area (Å²) in [6.45, 7) is 2.12. The lowest BCUT2D eigenvalue weighted by molar-refractivity contribution is 0.479. The van der Waals surface area contributed by atoms with Crippen molar-refractivity contribution in [1.29, 1.82) is 0 Å². The predicted molar refractivity (Wildman–Crippen MR) is 73.0 cm³/mol. The van der Waals surface area contributed by atoms with Gasteiger partial charge in [-0.15, -0.1) is 0 Å². The number of hydrogen-bond acceptors (Lipinski definition) is 2. The van der Waals surface area contributed by atoms with Crippen LogP contribution in [-0.2, 0) is 6.42 Å². The molecule has 0 amide bonds. The number of rotatable bonds is 4. The van der Waals surface area contributed by atoms with Crippen LogP contribution in [0.25, 0.3) is 0 Å². The Morgan fingerprint density at radius 3 is 2.94 bits per heavy atom. The lowest BCUT2D eigenvalue weighted by atomic mass is 10.2. The molecule has 1 fully saturated rings. The summed E-state index contributed by atoms with van der Waals surface area (Å²) in [5.41, 5.74) is 0. The highest BCUT2D eigenvalue weighted by atomic mass is 32.1. The number of furan rings is 1. The molecule has 0 aromatic carbocycles.